The zero-order valence-electron chi connectivity index (χ0n) is 12.5. The number of fused-ring (bicyclic) bond motifs is 1. The molecule has 0 spiro atoms. The molecule has 3 rings (SSSR count). The number of halogens is 1. The van der Waals surface area contributed by atoms with Crippen LogP contribution in [0.15, 0.2) is 30.5 Å². The Labute approximate surface area is 130 Å². The minimum absolute atomic E-state index is 0.346. The molecule has 4 heteroatoms. The molecular formula is C17H21ClN2O. The summed E-state index contributed by atoms with van der Waals surface area (Å²) in [5.41, 5.74) is 2.06. The van der Waals surface area contributed by atoms with E-state index < -0.39 is 0 Å². The van der Waals surface area contributed by atoms with Gasteiger partial charge in [0.1, 0.15) is 0 Å². The summed E-state index contributed by atoms with van der Waals surface area (Å²) >= 11 is 6.04. The molecule has 1 aromatic heterocycles. The van der Waals surface area contributed by atoms with E-state index in [4.69, 9.17) is 16.3 Å². The fourth-order valence-corrected chi connectivity index (χ4v) is 3.06. The highest BCUT2D eigenvalue weighted by atomic mass is 35.5. The SMILES string of the molecule is CC(C)C1CC(Nc2ccnc3cc(Cl)ccc23)CCO1. The lowest BCUT2D eigenvalue weighted by Gasteiger charge is -2.33. The maximum Gasteiger partial charge on any atom is 0.0737 e. The third-order valence-corrected chi connectivity index (χ3v) is 4.36. The number of pyridine rings is 1. The van der Waals surface area contributed by atoms with Crippen LogP contribution >= 0.6 is 11.6 Å². The van der Waals surface area contributed by atoms with Crippen LogP contribution in [-0.4, -0.2) is 23.7 Å². The Hall–Kier alpha value is -1.32. The molecule has 112 valence electrons. The van der Waals surface area contributed by atoms with Crippen LogP contribution < -0.4 is 5.32 Å². The fourth-order valence-electron chi connectivity index (χ4n) is 2.89. The van der Waals surface area contributed by atoms with E-state index in [-0.39, 0.29) is 0 Å². The third kappa shape index (κ3) is 3.30. The van der Waals surface area contributed by atoms with Gasteiger partial charge < -0.3 is 10.1 Å². The highest BCUT2D eigenvalue weighted by Gasteiger charge is 2.25. The van der Waals surface area contributed by atoms with Crippen molar-refractivity contribution in [2.75, 3.05) is 11.9 Å². The van der Waals surface area contributed by atoms with Crippen molar-refractivity contribution in [3.05, 3.63) is 35.5 Å². The summed E-state index contributed by atoms with van der Waals surface area (Å²) < 4.78 is 5.84. The Morgan fingerprint density at radius 3 is 3.00 bits per heavy atom. The first-order valence-corrected chi connectivity index (χ1v) is 7.93. The Kier molecular flexibility index (Phi) is 4.32. The van der Waals surface area contributed by atoms with Crippen molar-refractivity contribution in [1.29, 1.82) is 0 Å². The molecule has 1 aliphatic heterocycles. The van der Waals surface area contributed by atoms with Gasteiger partial charge in [-0.2, -0.15) is 0 Å². The second-order valence-corrected chi connectivity index (χ2v) is 6.48. The topological polar surface area (TPSA) is 34.2 Å². The first kappa shape index (κ1) is 14.6. The van der Waals surface area contributed by atoms with E-state index >= 15 is 0 Å². The third-order valence-electron chi connectivity index (χ3n) is 4.12. The molecule has 0 bridgehead atoms. The zero-order valence-corrected chi connectivity index (χ0v) is 13.2. The number of ether oxygens (including phenoxy) is 1. The molecule has 21 heavy (non-hydrogen) atoms. The highest BCUT2D eigenvalue weighted by Crippen LogP contribution is 2.28. The van der Waals surface area contributed by atoms with Crippen LogP contribution in [0.1, 0.15) is 26.7 Å². The number of hydrogen-bond acceptors (Lipinski definition) is 3. The van der Waals surface area contributed by atoms with Crippen molar-refractivity contribution >= 4 is 28.2 Å². The summed E-state index contributed by atoms with van der Waals surface area (Å²) in [7, 11) is 0. The lowest BCUT2D eigenvalue weighted by atomic mass is 9.95. The predicted octanol–water partition coefficient (Wildman–Crippen LogP) is 4.50. The van der Waals surface area contributed by atoms with E-state index in [0.717, 1.165) is 41.1 Å². The summed E-state index contributed by atoms with van der Waals surface area (Å²) in [4.78, 5) is 4.39. The van der Waals surface area contributed by atoms with Crippen molar-refractivity contribution in [3.8, 4) is 0 Å². The highest BCUT2D eigenvalue weighted by molar-refractivity contribution is 6.31. The summed E-state index contributed by atoms with van der Waals surface area (Å²) in [6, 6.07) is 8.34. The molecule has 1 N–H and O–H groups in total. The molecule has 1 aromatic carbocycles. The van der Waals surface area contributed by atoms with Crippen LogP contribution in [-0.2, 0) is 4.74 Å². The quantitative estimate of drug-likeness (QED) is 0.906. The van der Waals surface area contributed by atoms with Crippen molar-refractivity contribution in [2.45, 2.75) is 38.8 Å². The van der Waals surface area contributed by atoms with Crippen LogP contribution in [0.25, 0.3) is 10.9 Å². The minimum atomic E-state index is 0.346. The largest absolute Gasteiger partial charge is 0.382 e. The molecule has 2 atom stereocenters. The summed E-state index contributed by atoms with van der Waals surface area (Å²) in [5, 5.41) is 5.51. The van der Waals surface area contributed by atoms with Gasteiger partial charge in [-0.25, -0.2) is 0 Å². The molecule has 3 nitrogen and oxygen atoms in total. The smallest absolute Gasteiger partial charge is 0.0737 e. The lowest BCUT2D eigenvalue weighted by Crippen LogP contribution is -2.36. The van der Waals surface area contributed by atoms with Gasteiger partial charge in [0, 0.05) is 34.9 Å². The molecule has 0 saturated carbocycles. The van der Waals surface area contributed by atoms with Gasteiger partial charge >= 0.3 is 0 Å². The van der Waals surface area contributed by atoms with Crippen LogP contribution in [0, 0.1) is 5.92 Å². The van der Waals surface area contributed by atoms with Crippen molar-refractivity contribution < 1.29 is 4.74 Å². The fraction of sp³-hybridized carbons (Fsp3) is 0.471. The molecule has 1 aliphatic rings. The molecule has 2 unspecified atom stereocenters. The Morgan fingerprint density at radius 2 is 2.19 bits per heavy atom. The molecule has 1 saturated heterocycles. The van der Waals surface area contributed by atoms with Gasteiger partial charge in [-0.3, -0.25) is 4.98 Å². The first-order valence-electron chi connectivity index (χ1n) is 7.56. The second-order valence-electron chi connectivity index (χ2n) is 6.04. The molecule has 2 aromatic rings. The average molecular weight is 305 g/mol. The van der Waals surface area contributed by atoms with Gasteiger partial charge in [-0.1, -0.05) is 25.4 Å². The van der Waals surface area contributed by atoms with Crippen molar-refractivity contribution in [1.82, 2.24) is 4.98 Å². The van der Waals surface area contributed by atoms with Crippen LogP contribution in [0.3, 0.4) is 0 Å². The Bertz CT molecular complexity index is 629. The van der Waals surface area contributed by atoms with Gasteiger partial charge in [-0.15, -0.1) is 0 Å². The number of aromatic nitrogens is 1. The number of nitrogens with one attached hydrogen (secondary N) is 1. The van der Waals surface area contributed by atoms with Gasteiger partial charge in [0.05, 0.1) is 11.6 Å². The normalized spacial score (nSPS) is 22.7. The van der Waals surface area contributed by atoms with Gasteiger partial charge in [0.25, 0.3) is 0 Å². The number of benzene rings is 1. The van der Waals surface area contributed by atoms with Crippen LogP contribution in [0.4, 0.5) is 5.69 Å². The van der Waals surface area contributed by atoms with Gasteiger partial charge in [-0.05, 0) is 43.0 Å². The molecule has 1 fully saturated rings. The second kappa shape index (κ2) is 6.20. The van der Waals surface area contributed by atoms with Crippen molar-refractivity contribution in [2.24, 2.45) is 5.92 Å². The van der Waals surface area contributed by atoms with Crippen LogP contribution in [0.5, 0.6) is 0 Å². The van der Waals surface area contributed by atoms with E-state index in [9.17, 15) is 0 Å². The summed E-state index contributed by atoms with van der Waals surface area (Å²) in [6.45, 7) is 5.27. The van der Waals surface area contributed by atoms with E-state index in [2.05, 4.69) is 24.1 Å². The standard InChI is InChI=1S/C17H21ClN2O/c1-11(2)17-10-13(6-8-21-17)20-15-5-7-19-16-9-12(18)3-4-14(15)16/h3-5,7,9,11,13,17H,6,8,10H2,1-2H3,(H,19,20). The average Bonchev–Trinajstić information content (AvgIpc) is 2.47. The molecule has 0 radical (unpaired) electrons. The summed E-state index contributed by atoms with van der Waals surface area (Å²) in [5.74, 6) is 0.558. The maximum atomic E-state index is 6.04. The van der Waals surface area contributed by atoms with E-state index in [1.807, 2.05) is 30.5 Å². The molecule has 0 amide bonds. The predicted molar refractivity (Wildman–Crippen MR) is 88.0 cm³/mol. The Morgan fingerprint density at radius 1 is 1.33 bits per heavy atom. The van der Waals surface area contributed by atoms with Gasteiger partial charge in [0.15, 0.2) is 0 Å². The molecule has 0 aliphatic carbocycles. The summed E-state index contributed by atoms with van der Waals surface area (Å²) in [6.07, 6.45) is 4.27. The molecular weight excluding hydrogens is 284 g/mol. The first-order chi connectivity index (χ1) is 10.1. The number of rotatable bonds is 3. The molecule has 2 heterocycles. The van der Waals surface area contributed by atoms with Crippen LogP contribution in [0.2, 0.25) is 5.02 Å². The van der Waals surface area contributed by atoms with Gasteiger partial charge in [0.2, 0.25) is 0 Å². The number of nitrogens with zero attached hydrogens (tertiary/aromatic N) is 1. The number of anilines is 1. The zero-order chi connectivity index (χ0) is 14.8. The van der Waals surface area contributed by atoms with E-state index in [1.54, 1.807) is 0 Å². The van der Waals surface area contributed by atoms with Crippen molar-refractivity contribution in [3.63, 3.8) is 0 Å². The maximum absolute atomic E-state index is 6.04. The number of hydrogen-bond donors (Lipinski definition) is 1. The van der Waals surface area contributed by atoms with E-state index in [1.165, 1.54) is 0 Å². The lowest BCUT2D eigenvalue weighted by molar-refractivity contribution is -0.0160. The minimum Gasteiger partial charge on any atom is -0.382 e. The van der Waals surface area contributed by atoms with E-state index in [0.29, 0.717) is 18.1 Å². The monoisotopic (exact) mass is 304 g/mol. The Balaban J connectivity index is 1.81.